The lowest BCUT2D eigenvalue weighted by atomic mass is 9.99. The number of likely N-dealkylation sites (N-methyl/N-ethyl adjacent to an activating group) is 1. The molecule has 1 heterocycles. The highest BCUT2D eigenvalue weighted by Gasteiger charge is 2.12. The number of hydrogen-bond acceptors (Lipinski definition) is 3. The molecule has 0 bridgehead atoms. The number of benzene rings is 1. The maximum Gasteiger partial charge on any atom is 0.126 e. The molecule has 20 heavy (non-hydrogen) atoms. The molecule has 1 unspecified atom stereocenters. The Morgan fingerprint density at radius 3 is 2.60 bits per heavy atom. The fourth-order valence-electron chi connectivity index (χ4n) is 2.12. The van der Waals surface area contributed by atoms with Crippen molar-refractivity contribution in [2.45, 2.75) is 18.9 Å². The van der Waals surface area contributed by atoms with Crippen molar-refractivity contribution in [1.82, 2.24) is 10.3 Å². The van der Waals surface area contributed by atoms with Crippen molar-refractivity contribution < 1.29 is 0 Å². The number of pyridine rings is 1. The van der Waals surface area contributed by atoms with Gasteiger partial charge in [0.2, 0.25) is 0 Å². The second kappa shape index (κ2) is 6.93. The van der Waals surface area contributed by atoms with Gasteiger partial charge >= 0.3 is 0 Å². The molecule has 0 spiro atoms. The molecular formula is C15H17Cl2N3. The Bertz CT molecular complexity index is 587. The standard InChI is InChI=1S/C15H17Cl2N3/c1-19-13(8-11-3-2-6-20-15(11)18)7-10-4-5-12(16)9-14(10)17/h2-6,9,13,19H,7-8H2,1H3,(H2,18,20). The van der Waals surface area contributed by atoms with Crippen LogP contribution in [0.1, 0.15) is 11.1 Å². The summed E-state index contributed by atoms with van der Waals surface area (Å²) in [6, 6.07) is 9.71. The van der Waals surface area contributed by atoms with Gasteiger partial charge in [-0.15, -0.1) is 0 Å². The molecule has 0 aliphatic carbocycles. The van der Waals surface area contributed by atoms with E-state index in [9.17, 15) is 0 Å². The third-order valence-corrected chi connectivity index (χ3v) is 3.87. The van der Waals surface area contributed by atoms with Gasteiger partial charge in [0, 0.05) is 22.3 Å². The number of nitrogens with two attached hydrogens (primary N) is 1. The van der Waals surface area contributed by atoms with Gasteiger partial charge in [-0.05, 0) is 49.2 Å². The Labute approximate surface area is 129 Å². The van der Waals surface area contributed by atoms with Crippen LogP contribution in [0.2, 0.25) is 10.0 Å². The minimum Gasteiger partial charge on any atom is -0.383 e. The first kappa shape index (κ1) is 15.1. The van der Waals surface area contributed by atoms with Crippen LogP contribution in [0.3, 0.4) is 0 Å². The Morgan fingerprint density at radius 2 is 1.95 bits per heavy atom. The van der Waals surface area contributed by atoms with Gasteiger partial charge in [0.15, 0.2) is 0 Å². The molecule has 0 radical (unpaired) electrons. The molecule has 0 saturated carbocycles. The molecule has 2 rings (SSSR count). The van der Waals surface area contributed by atoms with E-state index in [1.807, 2.05) is 31.3 Å². The van der Waals surface area contributed by atoms with E-state index in [0.29, 0.717) is 15.9 Å². The first-order valence-electron chi connectivity index (χ1n) is 6.40. The Kier molecular flexibility index (Phi) is 5.24. The molecule has 0 aliphatic rings. The fourth-order valence-corrected chi connectivity index (χ4v) is 2.60. The predicted octanol–water partition coefficient (Wildman–Crippen LogP) is 3.34. The zero-order chi connectivity index (χ0) is 14.5. The van der Waals surface area contributed by atoms with Crippen molar-refractivity contribution in [3.63, 3.8) is 0 Å². The maximum absolute atomic E-state index is 6.22. The van der Waals surface area contributed by atoms with Crippen molar-refractivity contribution in [3.8, 4) is 0 Å². The zero-order valence-corrected chi connectivity index (χ0v) is 12.7. The van der Waals surface area contributed by atoms with E-state index in [1.165, 1.54) is 0 Å². The summed E-state index contributed by atoms with van der Waals surface area (Å²) in [5, 5.41) is 4.63. The van der Waals surface area contributed by atoms with Crippen LogP contribution in [-0.4, -0.2) is 18.1 Å². The average Bonchev–Trinajstić information content (AvgIpc) is 2.43. The van der Waals surface area contributed by atoms with Gasteiger partial charge in [0.1, 0.15) is 5.82 Å². The van der Waals surface area contributed by atoms with Crippen molar-refractivity contribution in [3.05, 3.63) is 57.7 Å². The lowest BCUT2D eigenvalue weighted by Crippen LogP contribution is -2.30. The quantitative estimate of drug-likeness (QED) is 0.890. The molecule has 0 aliphatic heterocycles. The van der Waals surface area contributed by atoms with Crippen molar-refractivity contribution in [2.75, 3.05) is 12.8 Å². The molecule has 1 aromatic heterocycles. The van der Waals surface area contributed by atoms with E-state index in [-0.39, 0.29) is 6.04 Å². The fraction of sp³-hybridized carbons (Fsp3) is 0.267. The summed E-state index contributed by atoms with van der Waals surface area (Å²) in [5.41, 5.74) is 7.99. The molecule has 106 valence electrons. The van der Waals surface area contributed by atoms with Crippen LogP contribution >= 0.6 is 23.2 Å². The average molecular weight is 310 g/mol. The van der Waals surface area contributed by atoms with Crippen LogP contribution in [-0.2, 0) is 12.8 Å². The molecule has 0 amide bonds. The van der Waals surface area contributed by atoms with Crippen LogP contribution in [0, 0.1) is 0 Å². The van der Waals surface area contributed by atoms with Gasteiger partial charge in [0.05, 0.1) is 0 Å². The molecule has 1 atom stereocenters. The van der Waals surface area contributed by atoms with E-state index in [2.05, 4.69) is 10.3 Å². The van der Waals surface area contributed by atoms with E-state index in [0.717, 1.165) is 24.0 Å². The predicted molar refractivity (Wildman–Crippen MR) is 85.4 cm³/mol. The number of nitrogen functional groups attached to an aromatic ring is 1. The number of hydrogen-bond donors (Lipinski definition) is 2. The van der Waals surface area contributed by atoms with Gasteiger partial charge in [-0.3, -0.25) is 0 Å². The molecule has 3 nitrogen and oxygen atoms in total. The second-order valence-corrected chi connectivity index (χ2v) is 5.52. The van der Waals surface area contributed by atoms with Crippen molar-refractivity contribution >= 4 is 29.0 Å². The third kappa shape index (κ3) is 3.85. The number of nitrogens with zero attached hydrogens (tertiary/aromatic N) is 1. The Balaban J connectivity index is 2.11. The smallest absolute Gasteiger partial charge is 0.126 e. The molecule has 5 heteroatoms. The van der Waals surface area contributed by atoms with Crippen LogP contribution in [0.4, 0.5) is 5.82 Å². The number of aromatic nitrogens is 1. The number of anilines is 1. The summed E-state index contributed by atoms with van der Waals surface area (Å²) < 4.78 is 0. The summed E-state index contributed by atoms with van der Waals surface area (Å²) in [5.74, 6) is 0.579. The van der Waals surface area contributed by atoms with E-state index in [1.54, 1.807) is 12.3 Å². The van der Waals surface area contributed by atoms with Crippen LogP contribution in [0.15, 0.2) is 36.5 Å². The minimum atomic E-state index is 0.236. The van der Waals surface area contributed by atoms with Crippen molar-refractivity contribution in [2.24, 2.45) is 0 Å². The van der Waals surface area contributed by atoms with Gasteiger partial charge < -0.3 is 11.1 Å². The summed E-state index contributed by atoms with van der Waals surface area (Å²) in [6.45, 7) is 0. The summed E-state index contributed by atoms with van der Waals surface area (Å²) in [6.07, 6.45) is 3.30. The van der Waals surface area contributed by atoms with E-state index < -0.39 is 0 Å². The van der Waals surface area contributed by atoms with Gasteiger partial charge in [-0.2, -0.15) is 0 Å². The van der Waals surface area contributed by atoms with Crippen LogP contribution < -0.4 is 11.1 Å². The van der Waals surface area contributed by atoms with Crippen LogP contribution in [0.5, 0.6) is 0 Å². The molecule has 2 aromatic rings. The zero-order valence-electron chi connectivity index (χ0n) is 11.2. The minimum absolute atomic E-state index is 0.236. The Hall–Kier alpha value is -1.29. The lowest BCUT2D eigenvalue weighted by molar-refractivity contribution is 0.556. The van der Waals surface area contributed by atoms with Crippen molar-refractivity contribution in [1.29, 1.82) is 0 Å². The summed E-state index contributed by atoms with van der Waals surface area (Å²) >= 11 is 12.1. The highest BCUT2D eigenvalue weighted by atomic mass is 35.5. The second-order valence-electron chi connectivity index (χ2n) is 4.68. The lowest BCUT2D eigenvalue weighted by Gasteiger charge is -2.18. The SMILES string of the molecule is CNC(Cc1ccc(Cl)cc1Cl)Cc1cccnc1N. The topological polar surface area (TPSA) is 50.9 Å². The van der Waals surface area contributed by atoms with Gasteiger partial charge in [0.25, 0.3) is 0 Å². The first-order chi connectivity index (χ1) is 9.60. The molecule has 0 fully saturated rings. The molecular weight excluding hydrogens is 293 g/mol. The Morgan fingerprint density at radius 1 is 1.20 bits per heavy atom. The van der Waals surface area contributed by atoms with Gasteiger partial charge in [-0.25, -0.2) is 4.98 Å². The largest absolute Gasteiger partial charge is 0.383 e. The number of nitrogens with one attached hydrogen (secondary N) is 1. The molecule has 1 aromatic carbocycles. The summed E-state index contributed by atoms with van der Waals surface area (Å²) in [4.78, 5) is 4.11. The number of halogens is 2. The van der Waals surface area contributed by atoms with E-state index in [4.69, 9.17) is 28.9 Å². The third-order valence-electron chi connectivity index (χ3n) is 3.28. The highest BCUT2D eigenvalue weighted by molar-refractivity contribution is 6.35. The first-order valence-corrected chi connectivity index (χ1v) is 7.16. The van der Waals surface area contributed by atoms with Gasteiger partial charge in [-0.1, -0.05) is 35.3 Å². The normalized spacial score (nSPS) is 12.3. The maximum atomic E-state index is 6.22. The number of rotatable bonds is 5. The monoisotopic (exact) mass is 309 g/mol. The van der Waals surface area contributed by atoms with E-state index >= 15 is 0 Å². The summed E-state index contributed by atoms with van der Waals surface area (Å²) in [7, 11) is 1.93. The molecule has 0 saturated heterocycles. The highest BCUT2D eigenvalue weighted by Crippen LogP contribution is 2.23. The molecule has 3 N–H and O–H groups in total. The van der Waals surface area contributed by atoms with Crippen LogP contribution in [0.25, 0.3) is 0 Å².